The van der Waals surface area contributed by atoms with Gasteiger partial charge in [-0.1, -0.05) is 30.3 Å². The fourth-order valence-electron chi connectivity index (χ4n) is 4.98. The molecular formula is C28H35F2N3O4. The number of rotatable bonds is 8. The van der Waals surface area contributed by atoms with E-state index in [9.17, 15) is 19.1 Å². The molecule has 2 atom stereocenters. The lowest BCUT2D eigenvalue weighted by Gasteiger charge is -2.34. The highest BCUT2D eigenvalue weighted by Crippen LogP contribution is 2.32. The third-order valence-corrected chi connectivity index (χ3v) is 6.86. The molecule has 0 spiro atoms. The molecule has 0 saturated carbocycles. The molecule has 2 aliphatic heterocycles. The second-order valence-electron chi connectivity index (χ2n) is 10.6. The minimum absolute atomic E-state index is 0.0565. The first kappa shape index (κ1) is 27.2. The standard InChI is InChI=1S/C28H35F2N3O4/c1-28(2,30)17-33-12-10-18(11-13-33)16-37-23-9-8-21(19-6-4-3-5-7-19)24(25(23)29)27(36)32-26(35)22-14-20(34)15-31-22/h3-9,18,20,22,31,34H,10-17H2,1-2H3,(H,32,35,36)/t20-,22+/m1/s1. The predicted molar refractivity (Wildman–Crippen MR) is 137 cm³/mol. The molecule has 0 aliphatic carbocycles. The highest BCUT2D eigenvalue weighted by atomic mass is 19.1. The number of carbonyl (C=O) groups excluding carboxylic acids is 2. The van der Waals surface area contributed by atoms with Gasteiger partial charge in [0.1, 0.15) is 5.67 Å². The number of likely N-dealkylation sites (tertiary alicyclic amines) is 1. The summed E-state index contributed by atoms with van der Waals surface area (Å²) in [6.45, 7) is 5.54. The summed E-state index contributed by atoms with van der Waals surface area (Å²) in [6.07, 6.45) is 1.12. The van der Waals surface area contributed by atoms with Crippen LogP contribution < -0.4 is 15.4 Å². The van der Waals surface area contributed by atoms with Gasteiger partial charge in [-0.25, -0.2) is 8.78 Å². The Kier molecular flexibility index (Phi) is 8.56. The number of β-amino-alcohol motifs (C(OH)–C–C–N with tert-alkyl or cyclic N) is 1. The number of aliphatic hydroxyl groups excluding tert-OH is 1. The van der Waals surface area contributed by atoms with E-state index in [4.69, 9.17) is 4.74 Å². The molecule has 0 aromatic heterocycles. The molecule has 0 bridgehead atoms. The Balaban J connectivity index is 1.48. The van der Waals surface area contributed by atoms with Gasteiger partial charge in [-0.3, -0.25) is 14.9 Å². The van der Waals surface area contributed by atoms with Crippen molar-refractivity contribution < 1.29 is 28.2 Å². The van der Waals surface area contributed by atoms with Crippen LogP contribution in [0.2, 0.25) is 0 Å². The minimum Gasteiger partial charge on any atom is -0.490 e. The first-order chi connectivity index (χ1) is 17.6. The van der Waals surface area contributed by atoms with Gasteiger partial charge in [-0.05, 0) is 75.4 Å². The number of amides is 2. The number of nitrogens with one attached hydrogen (secondary N) is 2. The molecule has 2 saturated heterocycles. The van der Waals surface area contributed by atoms with Crippen molar-refractivity contribution in [3.05, 3.63) is 53.8 Å². The van der Waals surface area contributed by atoms with Crippen molar-refractivity contribution in [3.63, 3.8) is 0 Å². The van der Waals surface area contributed by atoms with Crippen LogP contribution in [-0.2, 0) is 4.79 Å². The Hall–Kier alpha value is -2.88. The number of ether oxygens (including phenoxy) is 1. The van der Waals surface area contributed by atoms with Crippen molar-refractivity contribution in [1.29, 1.82) is 0 Å². The van der Waals surface area contributed by atoms with E-state index in [2.05, 4.69) is 15.5 Å². The molecule has 2 aromatic rings. The predicted octanol–water partition coefficient (Wildman–Crippen LogP) is 3.31. The third kappa shape index (κ3) is 7.12. The lowest BCUT2D eigenvalue weighted by molar-refractivity contribution is -0.121. The van der Waals surface area contributed by atoms with Gasteiger partial charge in [0, 0.05) is 13.1 Å². The lowest BCUT2D eigenvalue weighted by Crippen LogP contribution is -2.43. The van der Waals surface area contributed by atoms with E-state index in [-0.39, 0.29) is 36.8 Å². The maximum atomic E-state index is 15.8. The largest absolute Gasteiger partial charge is 0.490 e. The number of nitrogens with zero attached hydrogens (tertiary/aromatic N) is 1. The van der Waals surface area contributed by atoms with Crippen LogP contribution in [0.25, 0.3) is 11.1 Å². The normalized spacial score (nSPS) is 21.1. The van der Waals surface area contributed by atoms with Crippen molar-refractivity contribution in [1.82, 2.24) is 15.5 Å². The number of imide groups is 1. The van der Waals surface area contributed by atoms with Gasteiger partial charge in [0.15, 0.2) is 11.6 Å². The summed E-state index contributed by atoms with van der Waals surface area (Å²) in [5.74, 6) is -2.18. The Morgan fingerprint density at radius 3 is 2.49 bits per heavy atom. The lowest BCUT2D eigenvalue weighted by atomic mass is 9.96. The van der Waals surface area contributed by atoms with Gasteiger partial charge in [-0.2, -0.15) is 0 Å². The van der Waals surface area contributed by atoms with E-state index in [0.717, 1.165) is 25.9 Å². The summed E-state index contributed by atoms with van der Waals surface area (Å²) in [4.78, 5) is 27.8. The number of halogens is 2. The molecule has 2 aromatic carbocycles. The summed E-state index contributed by atoms with van der Waals surface area (Å²) in [7, 11) is 0. The Morgan fingerprint density at radius 2 is 1.86 bits per heavy atom. The molecule has 0 unspecified atom stereocenters. The van der Waals surface area contributed by atoms with Gasteiger partial charge < -0.3 is 20.1 Å². The molecule has 2 fully saturated rings. The highest BCUT2D eigenvalue weighted by molar-refractivity contribution is 6.10. The minimum atomic E-state index is -1.25. The zero-order valence-electron chi connectivity index (χ0n) is 21.3. The zero-order valence-corrected chi connectivity index (χ0v) is 21.3. The second-order valence-corrected chi connectivity index (χ2v) is 10.6. The molecule has 7 nitrogen and oxygen atoms in total. The molecule has 3 N–H and O–H groups in total. The molecule has 0 radical (unpaired) electrons. The maximum absolute atomic E-state index is 15.8. The van der Waals surface area contributed by atoms with Gasteiger partial charge in [0.2, 0.25) is 5.91 Å². The summed E-state index contributed by atoms with van der Waals surface area (Å²) in [5, 5.41) is 14.8. The molecular weight excluding hydrogens is 480 g/mol. The number of hydrogen-bond acceptors (Lipinski definition) is 6. The van der Waals surface area contributed by atoms with E-state index in [1.165, 1.54) is 6.07 Å². The van der Waals surface area contributed by atoms with E-state index >= 15 is 4.39 Å². The maximum Gasteiger partial charge on any atom is 0.261 e. The first-order valence-electron chi connectivity index (χ1n) is 12.8. The fourth-order valence-corrected chi connectivity index (χ4v) is 4.98. The van der Waals surface area contributed by atoms with Crippen LogP contribution in [0.1, 0.15) is 43.5 Å². The van der Waals surface area contributed by atoms with Gasteiger partial charge in [-0.15, -0.1) is 0 Å². The second kappa shape index (κ2) is 11.7. The average molecular weight is 516 g/mol. The SMILES string of the molecule is CC(C)(F)CN1CCC(COc2ccc(-c3ccccc3)c(C(=O)NC(=O)[C@@H]3C[C@@H](O)CN3)c2F)CC1. The van der Waals surface area contributed by atoms with Crippen LogP contribution in [-0.4, -0.2) is 72.4 Å². The summed E-state index contributed by atoms with van der Waals surface area (Å²) in [5.41, 5.74) is -0.546. The van der Waals surface area contributed by atoms with Crippen LogP contribution in [0.15, 0.2) is 42.5 Å². The van der Waals surface area contributed by atoms with E-state index in [1.807, 2.05) is 6.07 Å². The third-order valence-electron chi connectivity index (χ3n) is 6.86. The number of benzene rings is 2. The van der Waals surface area contributed by atoms with Crippen LogP contribution in [0.4, 0.5) is 8.78 Å². The topological polar surface area (TPSA) is 90.9 Å². The summed E-state index contributed by atoms with van der Waals surface area (Å²) in [6, 6.07) is 11.3. The molecule has 2 heterocycles. The van der Waals surface area contributed by atoms with Crippen molar-refractivity contribution in [2.75, 3.05) is 32.8 Å². The molecule has 2 aliphatic rings. The van der Waals surface area contributed by atoms with Crippen LogP contribution in [0.5, 0.6) is 5.75 Å². The zero-order chi connectivity index (χ0) is 26.6. The smallest absolute Gasteiger partial charge is 0.261 e. The quantitative estimate of drug-likeness (QED) is 0.468. The number of hydrogen-bond donors (Lipinski definition) is 3. The van der Waals surface area contributed by atoms with Crippen LogP contribution in [0, 0.1) is 11.7 Å². The van der Waals surface area contributed by atoms with Crippen LogP contribution in [0.3, 0.4) is 0 Å². The molecule has 9 heteroatoms. The number of carbonyl (C=O) groups is 2. The van der Waals surface area contributed by atoms with E-state index < -0.39 is 35.4 Å². The number of piperidine rings is 1. The first-order valence-corrected chi connectivity index (χ1v) is 12.8. The highest BCUT2D eigenvalue weighted by Gasteiger charge is 2.31. The van der Waals surface area contributed by atoms with Gasteiger partial charge in [0.05, 0.1) is 24.3 Å². The average Bonchev–Trinajstić information content (AvgIpc) is 3.30. The summed E-state index contributed by atoms with van der Waals surface area (Å²) >= 11 is 0. The molecule has 2 amide bonds. The van der Waals surface area contributed by atoms with Gasteiger partial charge >= 0.3 is 0 Å². The van der Waals surface area contributed by atoms with Crippen molar-refractivity contribution in [3.8, 4) is 16.9 Å². The summed E-state index contributed by atoms with van der Waals surface area (Å²) < 4.78 is 35.5. The van der Waals surface area contributed by atoms with E-state index in [0.29, 0.717) is 17.7 Å². The van der Waals surface area contributed by atoms with Crippen LogP contribution >= 0.6 is 0 Å². The van der Waals surface area contributed by atoms with Crippen molar-refractivity contribution >= 4 is 11.8 Å². The molecule has 200 valence electrons. The van der Waals surface area contributed by atoms with Crippen molar-refractivity contribution in [2.45, 2.75) is 50.9 Å². The monoisotopic (exact) mass is 515 g/mol. The molecule has 4 rings (SSSR count). The Morgan fingerprint density at radius 1 is 1.16 bits per heavy atom. The number of alkyl halides is 1. The van der Waals surface area contributed by atoms with E-state index in [1.54, 1.807) is 44.2 Å². The Labute approximate surface area is 216 Å². The van der Waals surface area contributed by atoms with Gasteiger partial charge in [0.25, 0.3) is 5.91 Å². The number of aliphatic hydroxyl groups is 1. The Bertz CT molecular complexity index is 1100. The fraction of sp³-hybridized carbons (Fsp3) is 0.500. The molecule has 37 heavy (non-hydrogen) atoms. The van der Waals surface area contributed by atoms with Crippen molar-refractivity contribution in [2.24, 2.45) is 5.92 Å².